The fourth-order valence-electron chi connectivity index (χ4n) is 0.861. The third-order valence-corrected chi connectivity index (χ3v) is 3.54. The van der Waals surface area contributed by atoms with Crippen LogP contribution < -0.4 is 5.32 Å². The number of aliphatic hydroxyl groups is 1. The van der Waals surface area contributed by atoms with Gasteiger partial charge in [-0.2, -0.15) is 0 Å². The van der Waals surface area contributed by atoms with Crippen molar-refractivity contribution in [2.24, 2.45) is 0 Å². The molecule has 0 saturated heterocycles. The highest BCUT2D eigenvalue weighted by Crippen LogP contribution is 2.26. The molecule has 1 aromatic rings. The first-order valence-corrected chi connectivity index (χ1v) is 5.83. The summed E-state index contributed by atoms with van der Waals surface area (Å²) in [6, 6.07) is 1.89. The van der Waals surface area contributed by atoms with E-state index in [0.29, 0.717) is 11.2 Å². The van der Waals surface area contributed by atoms with Crippen molar-refractivity contribution in [1.82, 2.24) is 5.32 Å². The molecule has 14 heavy (non-hydrogen) atoms. The standard InChI is InChI=1S/C9H13Br2NO2/c1-9(2,5-13)12-4-6-3-7(10)8(11)14-6/h3,12-13H,4-5H2,1-2H3. The quantitative estimate of drug-likeness (QED) is 0.894. The van der Waals surface area contributed by atoms with Crippen LogP contribution in [0.1, 0.15) is 19.6 Å². The molecule has 1 aromatic heterocycles. The second-order valence-corrected chi connectivity index (χ2v) is 5.30. The maximum Gasteiger partial charge on any atom is 0.183 e. The molecule has 1 heterocycles. The van der Waals surface area contributed by atoms with Gasteiger partial charge in [0.25, 0.3) is 0 Å². The molecule has 0 atom stereocenters. The first-order valence-electron chi connectivity index (χ1n) is 4.24. The summed E-state index contributed by atoms with van der Waals surface area (Å²) >= 11 is 6.60. The van der Waals surface area contributed by atoms with Crippen molar-refractivity contribution < 1.29 is 9.52 Å². The Morgan fingerprint density at radius 1 is 1.50 bits per heavy atom. The van der Waals surface area contributed by atoms with E-state index in [0.717, 1.165) is 10.2 Å². The van der Waals surface area contributed by atoms with Gasteiger partial charge in [0, 0.05) is 5.54 Å². The number of hydrogen-bond donors (Lipinski definition) is 2. The lowest BCUT2D eigenvalue weighted by atomic mass is 10.1. The summed E-state index contributed by atoms with van der Waals surface area (Å²) in [6.45, 7) is 4.55. The van der Waals surface area contributed by atoms with Crippen LogP contribution in [0.25, 0.3) is 0 Å². The maximum absolute atomic E-state index is 9.02. The lowest BCUT2D eigenvalue weighted by molar-refractivity contribution is 0.184. The summed E-state index contributed by atoms with van der Waals surface area (Å²) in [5.74, 6) is 0.824. The van der Waals surface area contributed by atoms with Crippen LogP contribution in [0.2, 0.25) is 0 Å². The van der Waals surface area contributed by atoms with Crippen LogP contribution >= 0.6 is 31.9 Å². The fourth-order valence-corrected chi connectivity index (χ4v) is 1.52. The van der Waals surface area contributed by atoms with Gasteiger partial charge in [-0.3, -0.25) is 0 Å². The van der Waals surface area contributed by atoms with Crippen molar-refractivity contribution in [2.75, 3.05) is 6.61 Å². The van der Waals surface area contributed by atoms with Gasteiger partial charge in [-0.25, -0.2) is 0 Å². The molecular weight excluding hydrogens is 314 g/mol. The van der Waals surface area contributed by atoms with Crippen LogP contribution in [0.15, 0.2) is 19.6 Å². The van der Waals surface area contributed by atoms with E-state index in [4.69, 9.17) is 9.52 Å². The highest BCUT2D eigenvalue weighted by molar-refractivity contribution is 9.13. The molecule has 0 unspecified atom stereocenters. The number of nitrogens with one attached hydrogen (secondary N) is 1. The Hall–Kier alpha value is 0.160. The van der Waals surface area contributed by atoms with Crippen LogP contribution in [-0.2, 0) is 6.54 Å². The Balaban J connectivity index is 2.54. The first-order chi connectivity index (χ1) is 6.44. The van der Waals surface area contributed by atoms with Crippen molar-refractivity contribution >= 4 is 31.9 Å². The first kappa shape index (κ1) is 12.2. The van der Waals surface area contributed by atoms with Crippen molar-refractivity contribution in [3.8, 4) is 0 Å². The lowest BCUT2D eigenvalue weighted by Gasteiger charge is -2.22. The number of hydrogen-bond acceptors (Lipinski definition) is 3. The third kappa shape index (κ3) is 3.38. The van der Waals surface area contributed by atoms with Crippen molar-refractivity contribution in [1.29, 1.82) is 0 Å². The molecule has 1 rings (SSSR count). The van der Waals surface area contributed by atoms with E-state index in [1.807, 2.05) is 19.9 Å². The number of aliphatic hydroxyl groups excluding tert-OH is 1. The Bertz CT molecular complexity index is 290. The Morgan fingerprint density at radius 3 is 2.57 bits per heavy atom. The molecule has 5 heteroatoms. The minimum atomic E-state index is -0.286. The van der Waals surface area contributed by atoms with Gasteiger partial charge in [-0.1, -0.05) is 0 Å². The monoisotopic (exact) mass is 325 g/mol. The average molecular weight is 327 g/mol. The molecule has 0 saturated carbocycles. The molecule has 0 aliphatic carbocycles. The maximum atomic E-state index is 9.02. The van der Waals surface area contributed by atoms with E-state index in [1.165, 1.54) is 0 Å². The Kier molecular flexibility index (Phi) is 4.18. The Morgan fingerprint density at radius 2 is 2.14 bits per heavy atom. The predicted molar refractivity (Wildman–Crippen MR) is 62.1 cm³/mol. The largest absolute Gasteiger partial charge is 0.452 e. The topological polar surface area (TPSA) is 45.4 Å². The SMILES string of the molecule is CC(C)(CO)NCc1cc(Br)c(Br)o1. The van der Waals surface area contributed by atoms with Gasteiger partial charge < -0.3 is 14.8 Å². The van der Waals surface area contributed by atoms with Crippen LogP contribution in [0, 0.1) is 0 Å². The molecule has 0 aliphatic rings. The second kappa shape index (κ2) is 4.79. The number of rotatable bonds is 4. The third-order valence-electron chi connectivity index (χ3n) is 1.83. The highest BCUT2D eigenvalue weighted by Gasteiger charge is 2.16. The van der Waals surface area contributed by atoms with Gasteiger partial charge in [0.15, 0.2) is 4.67 Å². The van der Waals surface area contributed by atoms with E-state index in [9.17, 15) is 0 Å². The molecule has 0 aliphatic heterocycles. The zero-order valence-corrected chi connectivity index (χ0v) is 11.3. The molecule has 2 N–H and O–H groups in total. The van der Waals surface area contributed by atoms with Gasteiger partial charge in [0.2, 0.25) is 0 Å². The molecule has 0 spiro atoms. The van der Waals surface area contributed by atoms with Gasteiger partial charge in [-0.15, -0.1) is 0 Å². The molecule has 0 amide bonds. The van der Waals surface area contributed by atoms with Gasteiger partial charge in [0.05, 0.1) is 17.6 Å². The van der Waals surface area contributed by atoms with Crippen molar-refractivity contribution in [3.05, 3.63) is 21.0 Å². The second-order valence-electron chi connectivity index (χ2n) is 3.73. The predicted octanol–water partition coefficient (Wildman–Crippen LogP) is 2.67. The summed E-state index contributed by atoms with van der Waals surface area (Å²) in [6.07, 6.45) is 0. The van der Waals surface area contributed by atoms with Gasteiger partial charge >= 0.3 is 0 Å². The van der Waals surface area contributed by atoms with Crippen LogP contribution in [0.3, 0.4) is 0 Å². The molecule has 0 radical (unpaired) electrons. The molecule has 80 valence electrons. The van der Waals surface area contributed by atoms with Crippen LogP contribution in [0.5, 0.6) is 0 Å². The fraction of sp³-hybridized carbons (Fsp3) is 0.556. The molecule has 0 bridgehead atoms. The summed E-state index contributed by atoms with van der Waals surface area (Å²) < 4.78 is 6.97. The molecule has 0 fully saturated rings. The van der Waals surface area contributed by atoms with E-state index in [2.05, 4.69) is 37.2 Å². The van der Waals surface area contributed by atoms with Gasteiger partial charge in [-0.05, 0) is 51.8 Å². The van der Waals surface area contributed by atoms with E-state index in [1.54, 1.807) is 0 Å². The summed E-state index contributed by atoms with van der Waals surface area (Å²) in [4.78, 5) is 0. The minimum absolute atomic E-state index is 0.0933. The highest BCUT2D eigenvalue weighted by atomic mass is 79.9. The number of halogens is 2. The lowest BCUT2D eigenvalue weighted by Crippen LogP contribution is -2.41. The average Bonchev–Trinajstić information content (AvgIpc) is 2.44. The molecular formula is C9H13Br2NO2. The van der Waals surface area contributed by atoms with E-state index < -0.39 is 0 Å². The zero-order chi connectivity index (χ0) is 10.8. The molecule has 3 nitrogen and oxygen atoms in total. The summed E-state index contributed by atoms with van der Waals surface area (Å²) in [5, 5.41) is 12.2. The van der Waals surface area contributed by atoms with E-state index in [-0.39, 0.29) is 12.1 Å². The number of furan rings is 1. The normalized spacial score (nSPS) is 12.1. The smallest absolute Gasteiger partial charge is 0.183 e. The summed E-state index contributed by atoms with van der Waals surface area (Å²) in [7, 11) is 0. The summed E-state index contributed by atoms with van der Waals surface area (Å²) in [5.41, 5.74) is -0.286. The van der Waals surface area contributed by atoms with Crippen LogP contribution in [0.4, 0.5) is 0 Å². The van der Waals surface area contributed by atoms with Crippen molar-refractivity contribution in [3.63, 3.8) is 0 Å². The van der Waals surface area contributed by atoms with Gasteiger partial charge in [0.1, 0.15) is 5.76 Å². The van der Waals surface area contributed by atoms with Crippen molar-refractivity contribution in [2.45, 2.75) is 25.9 Å². The van der Waals surface area contributed by atoms with Crippen LogP contribution in [-0.4, -0.2) is 17.3 Å². The van der Waals surface area contributed by atoms with E-state index >= 15 is 0 Å². The molecule has 0 aromatic carbocycles. The Labute approximate surface area is 100 Å². The zero-order valence-electron chi connectivity index (χ0n) is 8.10. The minimum Gasteiger partial charge on any atom is -0.452 e.